The lowest BCUT2D eigenvalue weighted by molar-refractivity contribution is 0.585. The van der Waals surface area contributed by atoms with Crippen molar-refractivity contribution in [1.29, 1.82) is 0 Å². The molecule has 0 amide bonds. The third kappa shape index (κ3) is 2.92. The van der Waals surface area contributed by atoms with Crippen molar-refractivity contribution in [3.05, 3.63) is 33.8 Å². The fraction of sp³-hybridized carbons (Fsp3) is 0.400. The van der Waals surface area contributed by atoms with Gasteiger partial charge < -0.3 is 10.2 Å². The molecule has 3 nitrogen and oxygen atoms in total. The second kappa shape index (κ2) is 6.29. The second-order valence-corrected chi connectivity index (χ2v) is 6.07. The Hall–Kier alpha value is -0.840. The number of hydrogen-bond donors (Lipinski definition) is 1. The Kier molecular flexibility index (Phi) is 4.89. The average molecular weight is 357 g/mol. The average Bonchev–Trinajstić information content (AvgIpc) is 2.41. The van der Waals surface area contributed by atoms with E-state index in [0.29, 0.717) is 0 Å². The summed E-state index contributed by atoms with van der Waals surface area (Å²) in [6, 6.07) is 6.50. The van der Waals surface area contributed by atoms with Gasteiger partial charge >= 0.3 is 0 Å². The number of anilines is 1. The van der Waals surface area contributed by atoms with Gasteiger partial charge in [-0.3, -0.25) is 0 Å². The topological polar surface area (TPSA) is 28.2 Å². The minimum absolute atomic E-state index is 0. The van der Waals surface area contributed by atoms with E-state index >= 15 is 0 Å². The molecule has 1 aromatic carbocycles. The van der Waals surface area contributed by atoms with Crippen LogP contribution < -0.4 is 10.2 Å². The Bertz CT molecular complexity index is 624. The van der Waals surface area contributed by atoms with E-state index in [0.717, 1.165) is 42.0 Å². The van der Waals surface area contributed by atoms with Crippen molar-refractivity contribution in [2.45, 2.75) is 13.8 Å². The third-order valence-corrected chi connectivity index (χ3v) is 4.16. The predicted octanol–water partition coefficient (Wildman–Crippen LogP) is 3.45. The van der Waals surface area contributed by atoms with Gasteiger partial charge in [0.2, 0.25) is 0 Å². The van der Waals surface area contributed by atoms with Crippen molar-refractivity contribution in [3.8, 4) is 0 Å². The monoisotopic (exact) mass is 355 g/mol. The largest absolute Gasteiger partial charge is 0.354 e. The first-order valence-electron chi connectivity index (χ1n) is 6.68. The molecule has 1 fully saturated rings. The summed E-state index contributed by atoms with van der Waals surface area (Å²) in [5.74, 6) is 1.11. The minimum Gasteiger partial charge on any atom is -0.354 e. The van der Waals surface area contributed by atoms with Crippen LogP contribution >= 0.6 is 28.3 Å². The summed E-state index contributed by atoms with van der Waals surface area (Å²) in [5, 5.41) is 4.62. The van der Waals surface area contributed by atoms with Gasteiger partial charge in [0.1, 0.15) is 5.82 Å². The molecule has 0 spiro atoms. The van der Waals surface area contributed by atoms with E-state index in [1.165, 1.54) is 16.5 Å². The summed E-state index contributed by atoms with van der Waals surface area (Å²) in [7, 11) is 0. The van der Waals surface area contributed by atoms with E-state index in [9.17, 15) is 0 Å². The van der Waals surface area contributed by atoms with Gasteiger partial charge in [-0.15, -0.1) is 12.4 Å². The molecule has 1 aliphatic heterocycles. The molecule has 0 atom stereocenters. The highest BCUT2D eigenvalue weighted by Crippen LogP contribution is 2.28. The van der Waals surface area contributed by atoms with Gasteiger partial charge in [-0.1, -0.05) is 15.9 Å². The third-order valence-electron chi connectivity index (χ3n) is 3.70. The molecule has 1 N–H and O–H groups in total. The summed E-state index contributed by atoms with van der Waals surface area (Å²) in [4.78, 5) is 7.24. The number of fused-ring (bicyclic) bond motifs is 1. The summed E-state index contributed by atoms with van der Waals surface area (Å²) in [5.41, 5.74) is 3.64. The number of nitrogens with one attached hydrogen (secondary N) is 1. The second-order valence-electron chi connectivity index (χ2n) is 5.15. The van der Waals surface area contributed by atoms with Gasteiger partial charge in [-0.05, 0) is 43.2 Å². The number of hydrogen-bond acceptors (Lipinski definition) is 3. The molecular formula is C15H19BrClN3. The lowest BCUT2D eigenvalue weighted by atomic mass is 10.1. The maximum absolute atomic E-state index is 4.88. The van der Waals surface area contributed by atoms with Crippen molar-refractivity contribution in [3.63, 3.8) is 0 Å². The summed E-state index contributed by atoms with van der Waals surface area (Å²) >= 11 is 3.57. The molecule has 1 saturated heterocycles. The zero-order valence-corrected chi connectivity index (χ0v) is 14.1. The quantitative estimate of drug-likeness (QED) is 0.848. The zero-order valence-electron chi connectivity index (χ0n) is 11.7. The Morgan fingerprint density at radius 2 is 1.80 bits per heavy atom. The van der Waals surface area contributed by atoms with Crippen molar-refractivity contribution >= 4 is 45.1 Å². The summed E-state index contributed by atoms with van der Waals surface area (Å²) in [6.45, 7) is 8.44. The van der Waals surface area contributed by atoms with Crippen molar-refractivity contribution < 1.29 is 0 Å². The highest BCUT2D eigenvalue weighted by atomic mass is 79.9. The molecule has 1 aromatic heterocycles. The number of nitrogens with zero attached hydrogens (tertiary/aromatic N) is 2. The van der Waals surface area contributed by atoms with E-state index in [4.69, 9.17) is 4.98 Å². The van der Waals surface area contributed by atoms with E-state index < -0.39 is 0 Å². The van der Waals surface area contributed by atoms with Gasteiger partial charge in [0.05, 0.1) is 5.52 Å². The van der Waals surface area contributed by atoms with E-state index in [-0.39, 0.29) is 12.4 Å². The molecule has 0 bridgehead atoms. The lowest BCUT2D eigenvalue weighted by Crippen LogP contribution is -2.43. The number of pyridine rings is 1. The van der Waals surface area contributed by atoms with Crippen LogP contribution in [-0.2, 0) is 0 Å². The van der Waals surface area contributed by atoms with Crippen LogP contribution in [0.5, 0.6) is 0 Å². The molecule has 0 aliphatic carbocycles. The zero-order chi connectivity index (χ0) is 13.4. The van der Waals surface area contributed by atoms with Crippen molar-refractivity contribution in [1.82, 2.24) is 10.3 Å². The summed E-state index contributed by atoms with van der Waals surface area (Å²) in [6.07, 6.45) is 0. The van der Waals surface area contributed by atoms with E-state index in [1.54, 1.807) is 0 Å². The normalized spacial score (nSPS) is 15.2. The molecule has 5 heteroatoms. The number of piperazine rings is 1. The van der Waals surface area contributed by atoms with Gasteiger partial charge in [0.15, 0.2) is 0 Å². The Labute approximate surface area is 134 Å². The summed E-state index contributed by atoms with van der Waals surface area (Å²) < 4.78 is 1.12. The van der Waals surface area contributed by atoms with Crippen LogP contribution in [0.1, 0.15) is 11.1 Å². The first-order chi connectivity index (χ1) is 9.15. The molecule has 0 unspecified atom stereocenters. The van der Waals surface area contributed by atoms with E-state index in [2.05, 4.69) is 58.2 Å². The lowest BCUT2D eigenvalue weighted by Gasteiger charge is -2.29. The fourth-order valence-corrected chi connectivity index (χ4v) is 3.23. The van der Waals surface area contributed by atoms with Gasteiger partial charge in [-0.2, -0.15) is 0 Å². The Balaban J connectivity index is 0.00000147. The number of halogens is 2. The molecule has 3 rings (SSSR count). The Morgan fingerprint density at radius 3 is 2.50 bits per heavy atom. The standard InChI is InChI=1S/C15H18BrN3.ClH/c1-10-8-14(19-5-3-17-4-6-19)18-15-11(2)7-12(16)9-13(10)15;/h7-9,17H,3-6H2,1-2H3;1H. The van der Waals surface area contributed by atoms with Gasteiger partial charge in [-0.25, -0.2) is 4.98 Å². The van der Waals surface area contributed by atoms with Crippen molar-refractivity contribution in [2.75, 3.05) is 31.1 Å². The number of aromatic nitrogens is 1. The fourth-order valence-electron chi connectivity index (χ4n) is 2.66. The molecule has 1 aliphatic rings. The van der Waals surface area contributed by atoms with Crippen LogP contribution in [0.25, 0.3) is 10.9 Å². The first-order valence-corrected chi connectivity index (χ1v) is 7.47. The van der Waals surface area contributed by atoms with Gasteiger partial charge in [0.25, 0.3) is 0 Å². The van der Waals surface area contributed by atoms with Crippen LogP contribution in [-0.4, -0.2) is 31.2 Å². The number of aryl methyl sites for hydroxylation is 2. The molecule has 2 heterocycles. The van der Waals surface area contributed by atoms with Crippen LogP contribution in [0.3, 0.4) is 0 Å². The smallest absolute Gasteiger partial charge is 0.129 e. The minimum atomic E-state index is 0. The number of benzene rings is 1. The predicted molar refractivity (Wildman–Crippen MR) is 91.2 cm³/mol. The van der Waals surface area contributed by atoms with Crippen LogP contribution in [0, 0.1) is 13.8 Å². The maximum atomic E-state index is 4.88. The Morgan fingerprint density at radius 1 is 1.10 bits per heavy atom. The van der Waals surface area contributed by atoms with Crippen molar-refractivity contribution in [2.24, 2.45) is 0 Å². The molecule has 20 heavy (non-hydrogen) atoms. The molecule has 0 saturated carbocycles. The highest BCUT2D eigenvalue weighted by Gasteiger charge is 2.14. The highest BCUT2D eigenvalue weighted by molar-refractivity contribution is 9.10. The van der Waals surface area contributed by atoms with E-state index in [1.807, 2.05) is 0 Å². The van der Waals surface area contributed by atoms with Crippen LogP contribution in [0.15, 0.2) is 22.7 Å². The van der Waals surface area contributed by atoms with Crippen LogP contribution in [0.4, 0.5) is 5.82 Å². The number of rotatable bonds is 1. The maximum Gasteiger partial charge on any atom is 0.129 e. The molecule has 108 valence electrons. The first kappa shape index (κ1) is 15.5. The van der Waals surface area contributed by atoms with Crippen LogP contribution in [0.2, 0.25) is 0 Å². The van der Waals surface area contributed by atoms with Gasteiger partial charge in [0, 0.05) is 36.0 Å². The molecule has 2 aromatic rings. The SMILES string of the molecule is Cc1cc(N2CCNCC2)nc2c(C)cc(Br)cc12.Cl. The molecule has 0 radical (unpaired) electrons. The molecular weight excluding hydrogens is 338 g/mol.